The summed E-state index contributed by atoms with van der Waals surface area (Å²) in [5.41, 5.74) is 2.12. The topological polar surface area (TPSA) is 87.1 Å². The number of carbonyl (C=O) groups is 2. The molecule has 6 heteroatoms. The van der Waals surface area contributed by atoms with Crippen molar-refractivity contribution in [2.24, 2.45) is 0 Å². The van der Waals surface area contributed by atoms with Gasteiger partial charge in [0.05, 0.1) is 18.7 Å². The smallest absolute Gasteiger partial charge is 0.295 e. The molecule has 2 aromatic rings. The van der Waals surface area contributed by atoms with Crippen molar-refractivity contribution in [2.75, 3.05) is 13.7 Å². The maximum absolute atomic E-state index is 12.9. The molecule has 152 valence electrons. The molecule has 0 aliphatic carbocycles. The number of aliphatic hydroxyl groups is 1. The summed E-state index contributed by atoms with van der Waals surface area (Å²) in [5.74, 6) is -1.36. The number of aryl methyl sites for hydroxylation is 1. The van der Waals surface area contributed by atoms with E-state index in [0.717, 1.165) is 18.4 Å². The van der Waals surface area contributed by atoms with E-state index in [-0.39, 0.29) is 22.8 Å². The second-order valence-corrected chi connectivity index (χ2v) is 7.14. The monoisotopic (exact) mass is 395 g/mol. The van der Waals surface area contributed by atoms with E-state index in [9.17, 15) is 19.8 Å². The highest BCUT2D eigenvalue weighted by atomic mass is 16.5. The second-order valence-electron chi connectivity index (χ2n) is 7.14. The number of likely N-dealkylation sites (tertiary alicyclic amines) is 1. The van der Waals surface area contributed by atoms with Crippen LogP contribution in [-0.4, -0.2) is 40.5 Å². The van der Waals surface area contributed by atoms with Gasteiger partial charge in [-0.15, -0.1) is 0 Å². The van der Waals surface area contributed by atoms with E-state index in [4.69, 9.17) is 4.74 Å². The minimum absolute atomic E-state index is 0.0414. The van der Waals surface area contributed by atoms with Crippen molar-refractivity contribution in [3.8, 4) is 11.5 Å². The highest BCUT2D eigenvalue weighted by molar-refractivity contribution is 6.46. The molecule has 2 N–H and O–H groups in total. The number of aromatic hydroxyl groups is 1. The maximum Gasteiger partial charge on any atom is 0.295 e. The molecule has 1 aliphatic rings. The molecule has 0 radical (unpaired) electrons. The van der Waals surface area contributed by atoms with Crippen LogP contribution in [-0.2, 0) is 9.59 Å². The number of amides is 1. The molecule has 29 heavy (non-hydrogen) atoms. The standard InChI is InChI=1S/C23H25NO5/c1-4-5-12-24-20(16-10-11-17(25)18(13-16)29-3)19(22(27)23(24)28)21(26)15-8-6-14(2)7-9-15/h6-11,13,20,25-26H,4-5,12H2,1-3H3/t20-/m0/s1. The van der Waals surface area contributed by atoms with Crippen LogP contribution < -0.4 is 4.74 Å². The summed E-state index contributed by atoms with van der Waals surface area (Å²) in [7, 11) is 1.43. The van der Waals surface area contributed by atoms with Gasteiger partial charge in [-0.1, -0.05) is 49.2 Å². The van der Waals surface area contributed by atoms with E-state index in [0.29, 0.717) is 17.7 Å². The number of ketones is 1. The van der Waals surface area contributed by atoms with Crippen LogP contribution in [0.5, 0.6) is 11.5 Å². The van der Waals surface area contributed by atoms with Gasteiger partial charge in [-0.3, -0.25) is 9.59 Å². The number of phenolic OH excluding ortho intramolecular Hbond substituents is 1. The Morgan fingerprint density at radius 1 is 1.14 bits per heavy atom. The summed E-state index contributed by atoms with van der Waals surface area (Å²) in [5, 5.41) is 20.9. The molecule has 1 saturated heterocycles. The number of phenols is 1. The van der Waals surface area contributed by atoms with Crippen LogP contribution in [0.4, 0.5) is 0 Å². The van der Waals surface area contributed by atoms with Gasteiger partial charge in [-0.2, -0.15) is 0 Å². The normalized spacial score (nSPS) is 18.3. The average Bonchev–Trinajstić information content (AvgIpc) is 2.97. The van der Waals surface area contributed by atoms with E-state index in [2.05, 4.69) is 0 Å². The first kappa shape index (κ1) is 20.5. The van der Waals surface area contributed by atoms with Gasteiger partial charge in [0.15, 0.2) is 11.5 Å². The molecular weight excluding hydrogens is 370 g/mol. The van der Waals surface area contributed by atoms with Gasteiger partial charge in [0.1, 0.15) is 5.76 Å². The fourth-order valence-electron chi connectivity index (χ4n) is 3.52. The molecule has 0 bridgehead atoms. The molecule has 3 rings (SSSR count). The Labute approximate surface area is 170 Å². The third-order valence-electron chi connectivity index (χ3n) is 5.14. The molecule has 0 saturated carbocycles. The summed E-state index contributed by atoms with van der Waals surface area (Å²) in [6.07, 6.45) is 1.58. The fraction of sp³-hybridized carbons (Fsp3) is 0.304. The van der Waals surface area contributed by atoms with E-state index in [1.165, 1.54) is 18.1 Å². The van der Waals surface area contributed by atoms with E-state index in [1.807, 2.05) is 26.0 Å². The lowest BCUT2D eigenvalue weighted by Crippen LogP contribution is -2.30. The largest absolute Gasteiger partial charge is 0.507 e. The Bertz CT molecular complexity index is 962. The third-order valence-corrected chi connectivity index (χ3v) is 5.14. The van der Waals surface area contributed by atoms with Crippen LogP contribution in [0.15, 0.2) is 48.0 Å². The minimum atomic E-state index is -0.752. The molecular formula is C23H25NO5. The molecule has 1 fully saturated rings. The Morgan fingerprint density at radius 2 is 1.83 bits per heavy atom. The minimum Gasteiger partial charge on any atom is -0.507 e. The predicted octanol–water partition coefficient (Wildman–Crippen LogP) is 3.93. The Morgan fingerprint density at radius 3 is 2.45 bits per heavy atom. The van der Waals surface area contributed by atoms with Gasteiger partial charge < -0.3 is 19.8 Å². The maximum atomic E-state index is 12.9. The zero-order chi connectivity index (χ0) is 21.1. The van der Waals surface area contributed by atoms with Crippen LogP contribution in [0.2, 0.25) is 0 Å². The van der Waals surface area contributed by atoms with Crippen LogP contribution in [0.3, 0.4) is 0 Å². The molecule has 0 spiro atoms. The number of carbonyl (C=O) groups excluding carboxylic acids is 2. The lowest BCUT2D eigenvalue weighted by molar-refractivity contribution is -0.139. The highest BCUT2D eigenvalue weighted by Gasteiger charge is 2.45. The third kappa shape index (κ3) is 3.83. The van der Waals surface area contributed by atoms with E-state index in [1.54, 1.807) is 24.3 Å². The van der Waals surface area contributed by atoms with Crippen molar-refractivity contribution >= 4 is 17.4 Å². The van der Waals surface area contributed by atoms with E-state index < -0.39 is 17.7 Å². The van der Waals surface area contributed by atoms with Gasteiger partial charge in [0.2, 0.25) is 0 Å². The highest BCUT2D eigenvalue weighted by Crippen LogP contribution is 2.41. The first-order chi connectivity index (χ1) is 13.9. The molecule has 0 unspecified atom stereocenters. The predicted molar refractivity (Wildman–Crippen MR) is 110 cm³/mol. The first-order valence-corrected chi connectivity index (χ1v) is 9.61. The number of methoxy groups -OCH3 is 1. The Hall–Kier alpha value is -3.28. The summed E-state index contributed by atoms with van der Waals surface area (Å²) >= 11 is 0. The number of unbranched alkanes of at least 4 members (excludes halogenated alkanes) is 1. The number of rotatable bonds is 6. The van der Waals surface area contributed by atoms with Crippen molar-refractivity contribution in [1.29, 1.82) is 0 Å². The van der Waals surface area contributed by atoms with Crippen LogP contribution in [0.1, 0.15) is 42.5 Å². The molecule has 0 aromatic heterocycles. The molecule has 1 amide bonds. The summed E-state index contributed by atoms with van der Waals surface area (Å²) < 4.78 is 5.19. The number of aliphatic hydroxyl groups excluding tert-OH is 1. The molecule has 2 aromatic carbocycles. The van der Waals surface area contributed by atoms with Crippen molar-refractivity contribution in [3.63, 3.8) is 0 Å². The van der Waals surface area contributed by atoms with Gasteiger partial charge in [0, 0.05) is 12.1 Å². The van der Waals surface area contributed by atoms with Crippen molar-refractivity contribution in [1.82, 2.24) is 4.90 Å². The van der Waals surface area contributed by atoms with Crippen molar-refractivity contribution in [3.05, 3.63) is 64.7 Å². The van der Waals surface area contributed by atoms with Gasteiger partial charge in [0.25, 0.3) is 11.7 Å². The van der Waals surface area contributed by atoms with Crippen molar-refractivity contribution < 1.29 is 24.5 Å². The average molecular weight is 395 g/mol. The van der Waals surface area contributed by atoms with Gasteiger partial charge >= 0.3 is 0 Å². The Kier molecular flexibility index (Phi) is 5.92. The summed E-state index contributed by atoms with van der Waals surface area (Å²) in [6, 6.07) is 11.0. The molecule has 6 nitrogen and oxygen atoms in total. The van der Waals surface area contributed by atoms with Crippen LogP contribution >= 0.6 is 0 Å². The zero-order valence-corrected chi connectivity index (χ0v) is 16.8. The van der Waals surface area contributed by atoms with Gasteiger partial charge in [-0.05, 0) is 31.0 Å². The summed E-state index contributed by atoms with van der Waals surface area (Å²) in [6.45, 7) is 4.32. The lowest BCUT2D eigenvalue weighted by Gasteiger charge is -2.25. The molecule has 1 atom stereocenters. The zero-order valence-electron chi connectivity index (χ0n) is 16.8. The number of hydrogen-bond acceptors (Lipinski definition) is 5. The van der Waals surface area contributed by atoms with Crippen molar-refractivity contribution in [2.45, 2.75) is 32.7 Å². The molecule has 1 heterocycles. The van der Waals surface area contributed by atoms with Crippen LogP contribution in [0, 0.1) is 6.92 Å². The second kappa shape index (κ2) is 8.39. The quantitative estimate of drug-likeness (QED) is 0.440. The lowest BCUT2D eigenvalue weighted by atomic mass is 9.94. The van der Waals surface area contributed by atoms with Gasteiger partial charge in [-0.25, -0.2) is 0 Å². The number of nitrogens with zero attached hydrogens (tertiary/aromatic N) is 1. The first-order valence-electron chi connectivity index (χ1n) is 9.61. The Balaban J connectivity index is 2.18. The van der Waals surface area contributed by atoms with Crippen LogP contribution in [0.25, 0.3) is 5.76 Å². The number of Topliss-reactive ketones (excluding diaryl/α,β-unsaturated/α-hetero) is 1. The fourth-order valence-corrected chi connectivity index (χ4v) is 3.52. The number of hydrogen-bond donors (Lipinski definition) is 2. The van der Waals surface area contributed by atoms with E-state index >= 15 is 0 Å². The number of benzene rings is 2. The summed E-state index contributed by atoms with van der Waals surface area (Å²) in [4.78, 5) is 27.1. The molecule has 1 aliphatic heterocycles. The SMILES string of the molecule is CCCCN1C(=O)C(=O)C(=C(O)c2ccc(C)cc2)[C@@H]1c1ccc(O)c(OC)c1. The number of ether oxygens (including phenoxy) is 1.